The molecule has 0 fully saturated rings. The van der Waals surface area contributed by atoms with Gasteiger partial charge >= 0.3 is 0 Å². The molecule has 1 aromatic heterocycles. The van der Waals surface area contributed by atoms with Gasteiger partial charge in [0.05, 0.1) is 17.3 Å². The molecule has 92 valence electrons. The highest BCUT2D eigenvalue weighted by Gasteiger charge is 2.12. The first-order chi connectivity index (χ1) is 8.48. The van der Waals surface area contributed by atoms with E-state index in [1.54, 1.807) is 6.07 Å². The average Bonchev–Trinajstić information content (AvgIpc) is 2.75. The van der Waals surface area contributed by atoms with Gasteiger partial charge in [-0.1, -0.05) is 12.1 Å². The molecule has 0 unspecified atom stereocenters. The molecular formula is C14H16N4. The Morgan fingerprint density at radius 1 is 1.28 bits per heavy atom. The third kappa shape index (κ3) is 2.89. The Kier molecular flexibility index (Phi) is 3.07. The van der Waals surface area contributed by atoms with Crippen molar-refractivity contribution in [3.63, 3.8) is 0 Å². The third-order valence-corrected chi connectivity index (χ3v) is 2.38. The van der Waals surface area contributed by atoms with E-state index in [9.17, 15) is 0 Å². The predicted octanol–water partition coefficient (Wildman–Crippen LogP) is 3.16. The lowest BCUT2D eigenvalue weighted by Crippen LogP contribution is -2.26. The van der Waals surface area contributed by atoms with Gasteiger partial charge in [0.15, 0.2) is 0 Å². The summed E-state index contributed by atoms with van der Waals surface area (Å²) >= 11 is 0. The van der Waals surface area contributed by atoms with Crippen molar-refractivity contribution in [2.75, 3.05) is 5.32 Å². The standard InChI is InChI=1S/C14H16N4/c1-14(2,3)16-13-8-12(17-18-13)11-6-4-5-10(7-11)9-15/h4-8H,1-3H3,(H2,16,17,18). The molecular weight excluding hydrogens is 224 g/mol. The van der Waals surface area contributed by atoms with Crippen LogP contribution in [-0.2, 0) is 0 Å². The monoisotopic (exact) mass is 240 g/mol. The van der Waals surface area contributed by atoms with Crippen LogP contribution in [0.4, 0.5) is 5.82 Å². The number of benzene rings is 1. The van der Waals surface area contributed by atoms with E-state index in [2.05, 4.69) is 42.4 Å². The van der Waals surface area contributed by atoms with Gasteiger partial charge in [0.1, 0.15) is 5.82 Å². The van der Waals surface area contributed by atoms with Crippen LogP contribution in [0.3, 0.4) is 0 Å². The predicted molar refractivity (Wildman–Crippen MR) is 72.1 cm³/mol. The van der Waals surface area contributed by atoms with Gasteiger partial charge in [-0.15, -0.1) is 0 Å². The molecule has 2 rings (SSSR count). The van der Waals surface area contributed by atoms with Gasteiger partial charge in [0.25, 0.3) is 0 Å². The SMILES string of the molecule is CC(C)(C)Nc1cc(-c2cccc(C#N)c2)[nH]n1. The van der Waals surface area contributed by atoms with Gasteiger partial charge < -0.3 is 5.32 Å². The molecule has 1 aromatic carbocycles. The molecule has 0 amide bonds. The van der Waals surface area contributed by atoms with Gasteiger partial charge in [0.2, 0.25) is 0 Å². The Labute approximate surface area is 107 Å². The van der Waals surface area contributed by atoms with Gasteiger partial charge in [-0.2, -0.15) is 10.4 Å². The van der Waals surface area contributed by atoms with E-state index in [1.807, 2.05) is 24.3 Å². The highest BCUT2D eigenvalue weighted by molar-refractivity contribution is 5.64. The highest BCUT2D eigenvalue weighted by atomic mass is 15.2. The second kappa shape index (κ2) is 4.53. The molecule has 4 heteroatoms. The quantitative estimate of drug-likeness (QED) is 0.847. The molecule has 0 spiro atoms. The molecule has 0 saturated carbocycles. The Hall–Kier alpha value is -2.28. The third-order valence-electron chi connectivity index (χ3n) is 2.38. The van der Waals surface area contributed by atoms with Crippen LogP contribution in [0.15, 0.2) is 30.3 Å². The average molecular weight is 240 g/mol. The summed E-state index contributed by atoms with van der Waals surface area (Å²) in [5, 5.41) is 19.4. The van der Waals surface area contributed by atoms with Crippen molar-refractivity contribution in [2.24, 2.45) is 0 Å². The van der Waals surface area contributed by atoms with Crippen molar-refractivity contribution in [1.82, 2.24) is 10.2 Å². The summed E-state index contributed by atoms with van der Waals surface area (Å²) in [5.74, 6) is 0.805. The molecule has 4 nitrogen and oxygen atoms in total. The molecule has 0 aliphatic heterocycles. The van der Waals surface area contributed by atoms with Gasteiger partial charge in [-0.25, -0.2) is 0 Å². The summed E-state index contributed by atoms with van der Waals surface area (Å²) in [4.78, 5) is 0. The van der Waals surface area contributed by atoms with Crippen LogP contribution in [0.25, 0.3) is 11.3 Å². The first-order valence-electron chi connectivity index (χ1n) is 5.82. The van der Waals surface area contributed by atoms with Crippen molar-refractivity contribution >= 4 is 5.82 Å². The van der Waals surface area contributed by atoms with Gasteiger partial charge in [-0.3, -0.25) is 5.10 Å². The normalized spacial score (nSPS) is 11.0. The number of H-pyrrole nitrogens is 1. The lowest BCUT2D eigenvalue weighted by atomic mass is 10.1. The lowest BCUT2D eigenvalue weighted by Gasteiger charge is -2.19. The van der Waals surface area contributed by atoms with E-state index >= 15 is 0 Å². The Morgan fingerprint density at radius 3 is 2.72 bits per heavy atom. The number of nitrogens with zero attached hydrogens (tertiary/aromatic N) is 2. The molecule has 1 heterocycles. The van der Waals surface area contributed by atoms with Gasteiger partial charge in [0, 0.05) is 17.2 Å². The smallest absolute Gasteiger partial charge is 0.148 e. The highest BCUT2D eigenvalue weighted by Crippen LogP contribution is 2.22. The maximum Gasteiger partial charge on any atom is 0.148 e. The van der Waals surface area contributed by atoms with Crippen molar-refractivity contribution < 1.29 is 0 Å². The van der Waals surface area contributed by atoms with Crippen LogP contribution in [0.5, 0.6) is 0 Å². The number of nitrogens with one attached hydrogen (secondary N) is 2. The second-order valence-electron chi connectivity index (χ2n) is 5.23. The molecule has 0 aliphatic rings. The zero-order chi connectivity index (χ0) is 13.2. The number of aromatic amines is 1. The molecule has 0 radical (unpaired) electrons. The van der Waals surface area contributed by atoms with E-state index in [1.165, 1.54) is 0 Å². The number of hydrogen-bond acceptors (Lipinski definition) is 3. The number of nitriles is 1. The topological polar surface area (TPSA) is 64.5 Å². The van der Waals surface area contributed by atoms with Gasteiger partial charge in [-0.05, 0) is 32.9 Å². The molecule has 0 aliphatic carbocycles. The summed E-state index contributed by atoms with van der Waals surface area (Å²) in [7, 11) is 0. The minimum Gasteiger partial charge on any atom is -0.364 e. The lowest BCUT2D eigenvalue weighted by molar-refractivity contribution is 0.630. The number of hydrogen-bond donors (Lipinski definition) is 2. The summed E-state index contributed by atoms with van der Waals surface area (Å²) in [5.41, 5.74) is 2.48. The van der Waals surface area contributed by atoms with Crippen LogP contribution < -0.4 is 5.32 Å². The zero-order valence-electron chi connectivity index (χ0n) is 10.8. The molecule has 0 bridgehead atoms. The molecule has 0 atom stereocenters. The van der Waals surface area contributed by atoms with Crippen LogP contribution in [0.1, 0.15) is 26.3 Å². The van der Waals surface area contributed by atoms with E-state index in [-0.39, 0.29) is 5.54 Å². The molecule has 2 N–H and O–H groups in total. The fourth-order valence-corrected chi connectivity index (χ4v) is 1.67. The van der Waals surface area contributed by atoms with Crippen LogP contribution >= 0.6 is 0 Å². The Bertz CT molecular complexity index is 584. The van der Waals surface area contributed by atoms with Crippen LogP contribution in [-0.4, -0.2) is 15.7 Å². The van der Waals surface area contributed by atoms with Crippen molar-refractivity contribution in [2.45, 2.75) is 26.3 Å². The Balaban J connectivity index is 2.27. The first-order valence-corrected chi connectivity index (χ1v) is 5.82. The summed E-state index contributed by atoms with van der Waals surface area (Å²) < 4.78 is 0. The van der Waals surface area contributed by atoms with E-state index in [0.29, 0.717) is 5.56 Å². The van der Waals surface area contributed by atoms with Crippen LogP contribution in [0.2, 0.25) is 0 Å². The molecule has 2 aromatic rings. The minimum absolute atomic E-state index is 0.0268. The number of rotatable bonds is 2. The molecule has 18 heavy (non-hydrogen) atoms. The fourth-order valence-electron chi connectivity index (χ4n) is 1.67. The van der Waals surface area contributed by atoms with E-state index < -0.39 is 0 Å². The minimum atomic E-state index is -0.0268. The maximum atomic E-state index is 8.88. The maximum absolute atomic E-state index is 8.88. The summed E-state index contributed by atoms with van der Waals surface area (Å²) in [6.07, 6.45) is 0. The van der Waals surface area contributed by atoms with E-state index in [4.69, 9.17) is 5.26 Å². The number of anilines is 1. The Morgan fingerprint density at radius 2 is 2.06 bits per heavy atom. The second-order valence-corrected chi connectivity index (χ2v) is 5.23. The van der Waals surface area contributed by atoms with Crippen molar-refractivity contribution in [1.29, 1.82) is 5.26 Å². The zero-order valence-corrected chi connectivity index (χ0v) is 10.8. The number of aromatic nitrogens is 2. The van der Waals surface area contributed by atoms with Crippen LogP contribution in [0, 0.1) is 11.3 Å². The van der Waals surface area contributed by atoms with E-state index in [0.717, 1.165) is 17.1 Å². The van der Waals surface area contributed by atoms with Crippen molar-refractivity contribution in [3.05, 3.63) is 35.9 Å². The largest absolute Gasteiger partial charge is 0.364 e. The van der Waals surface area contributed by atoms with Crippen molar-refractivity contribution in [3.8, 4) is 17.3 Å². The fraction of sp³-hybridized carbons (Fsp3) is 0.286. The summed E-state index contributed by atoms with van der Waals surface area (Å²) in [6.45, 7) is 6.24. The summed E-state index contributed by atoms with van der Waals surface area (Å²) in [6, 6.07) is 11.5. The first kappa shape index (κ1) is 12.2. The molecule has 0 saturated heterocycles.